The number of rotatable bonds is 3. The van der Waals surface area contributed by atoms with Gasteiger partial charge in [-0.1, -0.05) is 18.7 Å². The highest BCUT2D eigenvalue weighted by molar-refractivity contribution is 5.16. The van der Waals surface area contributed by atoms with Crippen molar-refractivity contribution in [2.75, 3.05) is 0 Å². The monoisotopic (exact) mass is 166 g/mol. The fourth-order valence-corrected chi connectivity index (χ4v) is 0.688. The van der Waals surface area contributed by atoms with Gasteiger partial charge in [0.25, 0.3) is 0 Å². The van der Waals surface area contributed by atoms with Crippen LogP contribution < -0.4 is 0 Å². The Morgan fingerprint density at radius 1 is 1.33 bits per heavy atom. The molecule has 0 atom stereocenters. The van der Waals surface area contributed by atoms with E-state index in [1.54, 1.807) is 6.08 Å². The van der Waals surface area contributed by atoms with Crippen LogP contribution in [0, 0.1) is 0 Å². The third-order valence-electron chi connectivity index (χ3n) is 1.08. The van der Waals surface area contributed by atoms with Crippen LogP contribution in [0.25, 0.3) is 0 Å². The van der Waals surface area contributed by atoms with Gasteiger partial charge in [0.15, 0.2) is 0 Å². The van der Waals surface area contributed by atoms with Gasteiger partial charge < -0.3 is 4.74 Å². The topological polar surface area (TPSA) is 9.23 Å². The van der Waals surface area contributed by atoms with E-state index in [-0.39, 0.29) is 5.60 Å². The van der Waals surface area contributed by atoms with Crippen LogP contribution in [-0.4, -0.2) is 5.60 Å². The third-order valence-corrected chi connectivity index (χ3v) is 1.08. The maximum atomic E-state index is 5.58. The number of allylic oxidation sites excluding steroid dienone is 4. The molecule has 68 valence electrons. The van der Waals surface area contributed by atoms with Gasteiger partial charge in [-0.15, -0.1) is 0 Å². The summed E-state index contributed by atoms with van der Waals surface area (Å²) in [7, 11) is 0. The van der Waals surface area contributed by atoms with Gasteiger partial charge >= 0.3 is 0 Å². The quantitative estimate of drug-likeness (QED) is 0.461. The van der Waals surface area contributed by atoms with Crippen molar-refractivity contribution in [1.29, 1.82) is 0 Å². The minimum atomic E-state index is -0.151. The molecule has 0 spiro atoms. The second kappa shape index (κ2) is 4.81. The van der Waals surface area contributed by atoms with Crippen LogP contribution in [0.5, 0.6) is 0 Å². The summed E-state index contributed by atoms with van der Waals surface area (Å²) in [4.78, 5) is 0. The lowest BCUT2D eigenvalue weighted by molar-refractivity contribution is 0.0601. The fraction of sp³-hybridized carbons (Fsp3) is 0.455. The Balaban J connectivity index is 4.28. The molecule has 0 bridgehead atoms. The first-order chi connectivity index (χ1) is 5.49. The van der Waals surface area contributed by atoms with Crippen molar-refractivity contribution in [3.05, 3.63) is 36.6 Å². The summed E-state index contributed by atoms with van der Waals surface area (Å²) in [6.07, 6.45) is 7.50. The van der Waals surface area contributed by atoms with E-state index in [0.717, 1.165) is 5.76 Å². The van der Waals surface area contributed by atoms with Crippen LogP contribution >= 0.6 is 0 Å². The molecule has 0 N–H and O–H groups in total. The Kier molecular flexibility index (Phi) is 4.42. The van der Waals surface area contributed by atoms with Crippen molar-refractivity contribution in [2.24, 2.45) is 0 Å². The minimum Gasteiger partial charge on any atom is -0.488 e. The standard InChI is InChI=1S/C11H18O/c1-6-8-9-10(7-2)12-11(3,4)5/h6-9H,2H2,1,3-5H3/b8-6-,10-9+. The summed E-state index contributed by atoms with van der Waals surface area (Å²) in [5.41, 5.74) is -0.151. The highest BCUT2D eigenvalue weighted by Gasteiger charge is 2.10. The van der Waals surface area contributed by atoms with E-state index >= 15 is 0 Å². The Labute approximate surface area is 75.4 Å². The zero-order chi connectivity index (χ0) is 9.61. The lowest BCUT2D eigenvalue weighted by Crippen LogP contribution is -2.17. The van der Waals surface area contributed by atoms with Crippen molar-refractivity contribution >= 4 is 0 Å². The Morgan fingerprint density at radius 2 is 1.92 bits per heavy atom. The smallest absolute Gasteiger partial charge is 0.119 e. The summed E-state index contributed by atoms with van der Waals surface area (Å²) in [6, 6.07) is 0. The molecule has 0 rings (SSSR count). The molecule has 0 unspecified atom stereocenters. The van der Waals surface area contributed by atoms with Crippen LogP contribution in [0.3, 0.4) is 0 Å². The van der Waals surface area contributed by atoms with Crippen LogP contribution in [0.4, 0.5) is 0 Å². The molecular weight excluding hydrogens is 148 g/mol. The van der Waals surface area contributed by atoms with Crippen LogP contribution in [-0.2, 0) is 4.74 Å². The summed E-state index contributed by atoms with van der Waals surface area (Å²) in [6.45, 7) is 11.7. The largest absolute Gasteiger partial charge is 0.488 e. The zero-order valence-corrected chi connectivity index (χ0v) is 8.42. The van der Waals surface area contributed by atoms with E-state index < -0.39 is 0 Å². The maximum absolute atomic E-state index is 5.58. The van der Waals surface area contributed by atoms with Gasteiger partial charge in [-0.3, -0.25) is 0 Å². The molecule has 1 nitrogen and oxygen atoms in total. The summed E-state index contributed by atoms with van der Waals surface area (Å²) in [5, 5.41) is 0. The molecule has 0 radical (unpaired) electrons. The first kappa shape index (κ1) is 11.0. The van der Waals surface area contributed by atoms with Crippen molar-refractivity contribution in [1.82, 2.24) is 0 Å². The summed E-state index contributed by atoms with van der Waals surface area (Å²) >= 11 is 0. The molecule has 0 saturated heterocycles. The van der Waals surface area contributed by atoms with Gasteiger partial charge in [0.1, 0.15) is 11.4 Å². The predicted octanol–water partition coefficient (Wildman–Crippen LogP) is 3.45. The van der Waals surface area contributed by atoms with Crippen LogP contribution in [0.15, 0.2) is 36.6 Å². The number of hydrogen-bond donors (Lipinski definition) is 0. The van der Waals surface area contributed by atoms with E-state index in [2.05, 4.69) is 6.58 Å². The second-order valence-electron chi connectivity index (χ2n) is 3.51. The fourth-order valence-electron chi connectivity index (χ4n) is 0.688. The van der Waals surface area contributed by atoms with Gasteiger partial charge in [-0.2, -0.15) is 0 Å². The first-order valence-electron chi connectivity index (χ1n) is 4.14. The second-order valence-corrected chi connectivity index (χ2v) is 3.51. The molecular formula is C11H18O. The average Bonchev–Trinajstić information content (AvgIpc) is 1.95. The van der Waals surface area contributed by atoms with E-state index in [4.69, 9.17) is 4.74 Å². The van der Waals surface area contributed by atoms with E-state index in [1.165, 1.54) is 0 Å². The normalized spacial score (nSPS) is 13.5. The number of ether oxygens (including phenoxy) is 1. The lowest BCUT2D eigenvalue weighted by atomic mass is 10.2. The molecule has 12 heavy (non-hydrogen) atoms. The third kappa shape index (κ3) is 5.78. The molecule has 0 aliphatic rings. The molecule has 0 saturated carbocycles. The first-order valence-corrected chi connectivity index (χ1v) is 4.14. The molecule has 0 fully saturated rings. The molecule has 0 aliphatic carbocycles. The molecule has 0 aromatic heterocycles. The molecule has 0 heterocycles. The van der Waals surface area contributed by atoms with Gasteiger partial charge in [0, 0.05) is 0 Å². The van der Waals surface area contributed by atoms with Gasteiger partial charge in [0.05, 0.1) is 0 Å². The summed E-state index contributed by atoms with van der Waals surface area (Å²) < 4.78 is 5.58. The van der Waals surface area contributed by atoms with Gasteiger partial charge in [0.2, 0.25) is 0 Å². The van der Waals surface area contributed by atoms with E-state index in [1.807, 2.05) is 45.9 Å². The van der Waals surface area contributed by atoms with Crippen molar-refractivity contribution in [2.45, 2.75) is 33.3 Å². The lowest BCUT2D eigenvalue weighted by Gasteiger charge is -2.21. The SMILES string of the molecule is C=C/C(=C\C=C/C)OC(C)(C)C. The Hall–Kier alpha value is -0.980. The van der Waals surface area contributed by atoms with Crippen molar-refractivity contribution in [3.63, 3.8) is 0 Å². The Morgan fingerprint density at radius 3 is 2.25 bits per heavy atom. The molecule has 0 aliphatic heterocycles. The number of hydrogen-bond acceptors (Lipinski definition) is 1. The van der Waals surface area contributed by atoms with Gasteiger partial charge in [-0.25, -0.2) is 0 Å². The molecule has 0 aromatic carbocycles. The van der Waals surface area contributed by atoms with E-state index in [9.17, 15) is 0 Å². The summed E-state index contributed by atoms with van der Waals surface area (Å²) in [5.74, 6) is 0.806. The Bertz CT molecular complexity index is 192. The predicted molar refractivity (Wildman–Crippen MR) is 53.9 cm³/mol. The minimum absolute atomic E-state index is 0.151. The zero-order valence-electron chi connectivity index (χ0n) is 8.42. The van der Waals surface area contributed by atoms with Crippen LogP contribution in [0.2, 0.25) is 0 Å². The van der Waals surface area contributed by atoms with E-state index in [0.29, 0.717) is 0 Å². The van der Waals surface area contributed by atoms with Gasteiger partial charge in [-0.05, 0) is 39.8 Å². The maximum Gasteiger partial charge on any atom is 0.119 e. The molecule has 1 heteroatoms. The highest BCUT2D eigenvalue weighted by atomic mass is 16.5. The molecule has 0 amide bonds. The van der Waals surface area contributed by atoms with Crippen molar-refractivity contribution in [3.8, 4) is 0 Å². The van der Waals surface area contributed by atoms with Crippen LogP contribution in [0.1, 0.15) is 27.7 Å². The molecule has 0 aromatic rings. The van der Waals surface area contributed by atoms with Crippen molar-refractivity contribution < 1.29 is 4.74 Å². The highest BCUT2D eigenvalue weighted by Crippen LogP contribution is 2.13. The average molecular weight is 166 g/mol.